The van der Waals surface area contributed by atoms with Crippen LogP contribution in [-0.2, 0) is 25.6 Å². The van der Waals surface area contributed by atoms with Crippen LogP contribution in [0.2, 0.25) is 0 Å². The summed E-state index contributed by atoms with van der Waals surface area (Å²) in [5.74, 6) is 0.855. The molecule has 6 nitrogen and oxygen atoms in total. The average Bonchev–Trinajstić information content (AvgIpc) is 2.87. The number of nitrogens with zero attached hydrogens (tertiary/aromatic N) is 1. The number of carbonyl (C=O) groups is 2. The third-order valence-electron chi connectivity index (χ3n) is 5.59. The van der Waals surface area contributed by atoms with Crippen LogP contribution in [0, 0.1) is 5.92 Å². The van der Waals surface area contributed by atoms with E-state index in [-0.39, 0.29) is 18.5 Å². The van der Waals surface area contributed by atoms with E-state index in [0.717, 1.165) is 44.5 Å². The van der Waals surface area contributed by atoms with Crippen molar-refractivity contribution in [2.75, 3.05) is 33.4 Å². The maximum Gasteiger partial charge on any atom is 0.307 e. The fraction of sp³-hybridized carbons (Fsp3) is 0.517. The van der Waals surface area contributed by atoms with Crippen molar-refractivity contribution in [2.24, 2.45) is 5.92 Å². The van der Waals surface area contributed by atoms with Gasteiger partial charge in [-0.1, -0.05) is 56.4 Å². The van der Waals surface area contributed by atoms with Crippen LogP contribution in [0.3, 0.4) is 0 Å². The summed E-state index contributed by atoms with van der Waals surface area (Å²) >= 11 is 0. The lowest BCUT2D eigenvalue weighted by Gasteiger charge is -2.20. The minimum atomic E-state index is -0.187. The molecule has 0 heterocycles. The normalized spacial score (nSPS) is 12.2. The van der Waals surface area contributed by atoms with E-state index < -0.39 is 0 Å². The van der Waals surface area contributed by atoms with Crippen molar-refractivity contribution >= 4 is 11.9 Å². The van der Waals surface area contributed by atoms with Gasteiger partial charge >= 0.3 is 11.9 Å². The quantitative estimate of drug-likeness (QED) is 0.180. The second-order valence-electron chi connectivity index (χ2n) is 8.33. The first kappa shape index (κ1) is 30.2. The predicted molar refractivity (Wildman–Crippen MR) is 141 cm³/mol. The van der Waals surface area contributed by atoms with Crippen LogP contribution < -0.4 is 4.74 Å². The van der Waals surface area contributed by atoms with Crippen molar-refractivity contribution in [2.45, 2.75) is 58.9 Å². The molecule has 0 aliphatic heterocycles. The van der Waals surface area contributed by atoms with Crippen molar-refractivity contribution in [1.29, 1.82) is 0 Å². The topological polar surface area (TPSA) is 65.1 Å². The van der Waals surface area contributed by atoms with E-state index in [1.165, 1.54) is 5.56 Å². The van der Waals surface area contributed by atoms with Gasteiger partial charge in [0.05, 0.1) is 13.5 Å². The summed E-state index contributed by atoms with van der Waals surface area (Å²) in [5, 5.41) is 0. The van der Waals surface area contributed by atoms with Gasteiger partial charge in [-0.15, -0.1) is 6.58 Å². The molecule has 0 aliphatic carbocycles. The molecule has 0 saturated heterocycles. The highest BCUT2D eigenvalue weighted by Crippen LogP contribution is 2.14. The summed E-state index contributed by atoms with van der Waals surface area (Å²) in [4.78, 5) is 25.6. The maximum atomic E-state index is 12.1. The van der Waals surface area contributed by atoms with Gasteiger partial charge in [-0.05, 0) is 55.8 Å². The van der Waals surface area contributed by atoms with E-state index in [4.69, 9.17) is 14.2 Å². The third kappa shape index (κ3) is 14.9. The van der Waals surface area contributed by atoms with Gasteiger partial charge in [-0.2, -0.15) is 0 Å². The van der Waals surface area contributed by atoms with Gasteiger partial charge in [0.1, 0.15) is 19.0 Å². The Labute approximate surface area is 211 Å². The molecule has 1 aromatic rings. The zero-order valence-electron chi connectivity index (χ0n) is 21.7. The van der Waals surface area contributed by atoms with E-state index in [9.17, 15) is 9.59 Å². The smallest absolute Gasteiger partial charge is 0.307 e. The summed E-state index contributed by atoms with van der Waals surface area (Å²) < 4.78 is 15.6. The Bertz CT molecular complexity index is 785. The Kier molecular flexibility index (Phi) is 16.8. The molecule has 0 bridgehead atoms. The van der Waals surface area contributed by atoms with Crippen LogP contribution in [0.5, 0.6) is 5.75 Å². The number of esters is 2. The minimum absolute atomic E-state index is 0.150. The number of allylic oxidation sites excluding steroid dienone is 3. The molecule has 6 heteroatoms. The Morgan fingerprint density at radius 1 is 0.971 bits per heavy atom. The first-order chi connectivity index (χ1) is 17.0. The summed E-state index contributed by atoms with van der Waals surface area (Å²) in [6.45, 7) is 10.9. The highest BCUT2D eigenvalue weighted by Gasteiger charge is 2.08. The molecule has 0 aliphatic rings. The average molecular weight is 486 g/mol. The fourth-order valence-electron chi connectivity index (χ4n) is 3.39. The molecule has 35 heavy (non-hydrogen) atoms. The van der Waals surface area contributed by atoms with Gasteiger partial charge in [-0.3, -0.25) is 14.5 Å². The molecule has 0 amide bonds. The van der Waals surface area contributed by atoms with Crippen molar-refractivity contribution < 1.29 is 23.8 Å². The zero-order valence-corrected chi connectivity index (χ0v) is 21.7. The SMILES string of the molecule is C=CC(C/C=C\COC(=O)CCN(CC)Cc1ccc(OC)cc1)CC/C=C/COC(=O)CCC. The maximum absolute atomic E-state index is 12.1. The molecule has 1 rings (SSSR count). The van der Waals surface area contributed by atoms with Crippen LogP contribution >= 0.6 is 0 Å². The van der Waals surface area contributed by atoms with Gasteiger partial charge in [-0.25, -0.2) is 0 Å². The molecule has 0 spiro atoms. The number of hydrogen-bond acceptors (Lipinski definition) is 6. The van der Waals surface area contributed by atoms with Crippen LogP contribution in [0.4, 0.5) is 0 Å². The van der Waals surface area contributed by atoms with Crippen molar-refractivity contribution in [3.63, 3.8) is 0 Å². The third-order valence-corrected chi connectivity index (χ3v) is 5.59. The van der Waals surface area contributed by atoms with Gasteiger partial charge in [0.15, 0.2) is 0 Å². The second-order valence-corrected chi connectivity index (χ2v) is 8.33. The van der Waals surface area contributed by atoms with Gasteiger partial charge in [0, 0.05) is 19.5 Å². The molecule has 0 saturated carbocycles. The molecule has 0 aromatic heterocycles. The Morgan fingerprint density at radius 2 is 1.63 bits per heavy atom. The zero-order chi connectivity index (χ0) is 25.7. The first-order valence-corrected chi connectivity index (χ1v) is 12.6. The molecular weight excluding hydrogens is 442 g/mol. The molecular formula is C29H43NO5. The lowest BCUT2D eigenvalue weighted by Crippen LogP contribution is -2.26. The summed E-state index contributed by atoms with van der Waals surface area (Å²) in [6.07, 6.45) is 14.2. The summed E-state index contributed by atoms with van der Waals surface area (Å²) in [7, 11) is 1.66. The Hall–Kier alpha value is -2.86. The number of rotatable bonds is 19. The van der Waals surface area contributed by atoms with Gasteiger partial charge in [0.25, 0.3) is 0 Å². The second kappa shape index (κ2) is 19.4. The van der Waals surface area contributed by atoms with E-state index in [1.807, 2.05) is 61.6 Å². The molecule has 1 unspecified atom stereocenters. The lowest BCUT2D eigenvalue weighted by atomic mass is 9.99. The minimum Gasteiger partial charge on any atom is -0.497 e. The highest BCUT2D eigenvalue weighted by atomic mass is 16.5. The lowest BCUT2D eigenvalue weighted by molar-refractivity contribution is -0.143. The molecule has 0 radical (unpaired) electrons. The molecule has 0 N–H and O–H groups in total. The summed E-state index contributed by atoms with van der Waals surface area (Å²) in [5.41, 5.74) is 1.19. The Morgan fingerprint density at radius 3 is 2.23 bits per heavy atom. The molecule has 1 aromatic carbocycles. The summed E-state index contributed by atoms with van der Waals surface area (Å²) in [6, 6.07) is 7.99. The molecule has 194 valence electrons. The molecule has 1 atom stereocenters. The van der Waals surface area contributed by atoms with Crippen molar-refractivity contribution in [1.82, 2.24) is 4.90 Å². The highest BCUT2D eigenvalue weighted by molar-refractivity contribution is 5.69. The standard InChI is InChI=1S/C29H43NO5/c1-5-13-28(31)34-22-11-8-9-14-25(6-2)15-10-12-23-35-29(32)20-21-30(7-3)24-26-16-18-27(33-4)19-17-26/h6,8,10-12,16-19,25H,2,5,7,9,13-15,20-24H2,1,3-4H3/b11-8+,12-10-. The van der Waals surface area contributed by atoms with Crippen LogP contribution in [-0.4, -0.2) is 50.3 Å². The fourth-order valence-corrected chi connectivity index (χ4v) is 3.39. The number of methoxy groups -OCH3 is 1. The van der Waals surface area contributed by atoms with E-state index in [1.54, 1.807) is 7.11 Å². The number of benzene rings is 1. The largest absolute Gasteiger partial charge is 0.497 e. The van der Waals surface area contributed by atoms with Crippen molar-refractivity contribution in [3.05, 3.63) is 66.8 Å². The van der Waals surface area contributed by atoms with E-state index in [2.05, 4.69) is 18.4 Å². The molecule has 0 fully saturated rings. The van der Waals surface area contributed by atoms with Gasteiger partial charge < -0.3 is 14.2 Å². The predicted octanol–water partition coefficient (Wildman–Crippen LogP) is 5.88. The number of ether oxygens (including phenoxy) is 3. The van der Waals surface area contributed by atoms with E-state index in [0.29, 0.717) is 31.9 Å². The van der Waals surface area contributed by atoms with Crippen LogP contribution in [0.15, 0.2) is 61.2 Å². The Balaban J connectivity index is 2.20. The van der Waals surface area contributed by atoms with Crippen molar-refractivity contribution in [3.8, 4) is 5.75 Å². The van der Waals surface area contributed by atoms with E-state index >= 15 is 0 Å². The first-order valence-electron chi connectivity index (χ1n) is 12.6. The van der Waals surface area contributed by atoms with Crippen LogP contribution in [0.1, 0.15) is 57.9 Å². The number of hydrogen-bond donors (Lipinski definition) is 0. The number of carbonyl (C=O) groups excluding carboxylic acids is 2. The van der Waals surface area contributed by atoms with Crippen LogP contribution in [0.25, 0.3) is 0 Å². The monoisotopic (exact) mass is 485 g/mol. The van der Waals surface area contributed by atoms with Gasteiger partial charge in [0.2, 0.25) is 0 Å².